The Morgan fingerprint density at radius 1 is 1.20 bits per heavy atom. The molecule has 1 aromatic rings. The number of fused-ring (bicyclic) bond motifs is 1. The van der Waals surface area contributed by atoms with Crippen molar-refractivity contribution in [1.29, 1.82) is 0 Å². The van der Waals surface area contributed by atoms with Crippen LogP contribution in [0.15, 0.2) is 18.2 Å². The summed E-state index contributed by atoms with van der Waals surface area (Å²) in [5, 5.41) is 0. The van der Waals surface area contributed by atoms with E-state index < -0.39 is 0 Å². The van der Waals surface area contributed by atoms with Crippen LogP contribution in [0.1, 0.15) is 32.3 Å². The molecule has 1 amide bonds. The van der Waals surface area contributed by atoms with Crippen molar-refractivity contribution in [3.05, 3.63) is 23.8 Å². The SMILES string of the molecule is CCC(CC)C(=O)N(C)Cc1ccc2c(c1)OCCO2. The van der Waals surface area contributed by atoms with E-state index in [1.54, 1.807) is 4.90 Å². The number of nitrogens with zero attached hydrogens (tertiary/aromatic N) is 1. The van der Waals surface area contributed by atoms with E-state index in [9.17, 15) is 4.79 Å². The van der Waals surface area contributed by atoms with Crippen LogP contribution in [0.2, 0.25) is 0 Å². The number of rotatable bonds is 5. The van der Waals surface area contributed by atoms with E-state index in [1.165, 1.54) is 0 Å². The topological polar surface area (TPSA) is 38.8 Å². The molecular formula is C16H23NO3. The van der Waals surface area contributed by atoms with Crippen LogP contribution in [-0.4, -0.2) is 31.1 Å². The van der Waals surface area contributed by atoms with Gasteiger partial charge in [0.25, 0.3) is 0 Å². The Morgan fingerprint density at radius 2 is 1.85 bits per heavy atom. The molecule has 0 bridgehead atoms. The van der Waals surface area contributed by atoms with Gasteiger partial charge in [0.05, 0.1) is 0 Å². The first-order valence-electron chi connectivity index (χ1n) is 7.29. The molecule has 0 N–H and O–H groups in total. The van der Waals surface area contributed by atoms with Crippen molar-refractivity contribution >= 4 is 5.91 Å². The van der Waals surface area contributed by atoms with Gasteiger partial charge in [0.2, 0.25) is 5.91 Å². The number of ether oxygens (including phenoxy) is 2. The Balaban J connectivity index is 2.04. The first-order valence-corrected chi connectivity index (χ1v) is 7.29. The monoisotopic (exact) mass is 277 g/mol. The van der Waals surface area contributed by atoms with E-state index in [4.69, 9.17) is 9.47 Å². The van der Waals surface area contributed by atoms with Gasteiger partial charge in [-0.2, -0.15) is 0 Å². The van der Waals surface area contributed by atoms with Gasteiger partial charge in [-0.15, -0.1) is 0 Å². The van der Waals surface area contributed by atoms with Crippen LogP contribution >= 0.6 is 0 Å². The third-order valence-corrected chi connectivity index (χ3v) is 3.74. The highest BCUT2D eigenvalue weighted by atomic mass is 16.6. The number of hydrogen-bond acceptors (Lipinski definition) is 3. The van der Waals surface area contributed by atoms with Gasteiger partial charge in [0.1, 0.15) is 13.2 Å². The summed E-state index contributed by atoms with van der Waals surface area (Å²) in [4.78, 5) is 14.1. The lowest BCUT2D eigenvalue weighted by molar-refractivity contribution is -0.134. The quantitative estimate of drug-likeness (QED) is 0.830. The summed E-state index contributed by atoms with van der Waals surface area (Å²) >= 11 is 0. The Bertz CT molecular complexity index is 469. The summed E-state index contributed by atoms with van der Waals surface area (Å²) in [5.74, 6) is 1.90. The molecule has 1 heterocycles. The van der Waals surface area contributed by atoms with Crippen molar-refractivity contribution in [1.82, 2.24) is 4.90 Å². The molecule has 4 heteroatoms. The van der Waals surface area contributed by atoms with Gasteiger partial charge in [-0.3, -0.25) is 4.79 Å². The van der Waals surface area contributed by atoms with Crippen molar-refractivity contribution in [2.45, 2.75) is 33.2 Å². The summed E-state index contributed by atoms with van der Waals surface area (Å²) in [7, 11) is 1.86. The first-order chi connectivity index (χ1) is 9.65. The molecule has 110 valence electrons. The fourth-order valence-electron chi connectivity index (χ4n) is 2.49. The highest BCUT2D eigenvalue weighted by molar-refractivity contribution is 5.78. The lowest BCUT2D eigenvalue weighted by atomic mass is 10.0. The van der Waals surface area contributed by atoms with E-state index in [1.807, 2.05) is 25.2 Å². The van der Waals surface area contributed by atoms with Crippen LogP contribution in [0.5, 0.6) is 11.5 Å². The second-order valence-corrected chi connectivity index (χ2v) is 5.19. The molecule has 0 fully saturated rings. The summed E-state index contributed by atoms with van der Waals surface area (Å²) in [6, 6.07) is 5.87. The molecule has 0 saturated heterocycles. The van der Waals surface area contributed by atoms with Crippen molar-refractivity contribution in [3.8, 4) is 11.5 Å². The lowest BCUT2D eigenvalue weighted by Crippen LogP contribution is -2.32. The normalized spacial score (nSPS) is 13.4. The summed E-state index contributed by atoms with van der Waals surface area (Å²) < 4.78 is 11.1. The number of hydrogen-bond donors (Lipinski definition) is 0. The van der Waals surface area contributed by atoms with Gasteiger partial charge in [0.15, 0.2) is 11.5 Å². The minimum absolute atomic E-state index is 0.122. The van der Waals surface area contributed by atoms with Crippen LogP contribution in [-0.2, 0) is 11.3 Å². The van der Waals surface area contributed by atoms with Gasteiger partial charge in [0, 0.05) is 19.5 Å². The molecule has 0 aromatic heterocycles. The summed E-state index contributed by atoms with van der Waals surface area (Å²) in [5.41, 5.74) is 1.07. The van der Waals surface area contributed by atoms with Gasteiger partial charge in [-0.1, -0.05) is 19.9 Å². The summed E-state index contributed by atoms with van der Waals surface area (Å²) in [6.45, 7) is 5.90. The zero-order chi connectivity index (χ0) is 14.5. The third-order valence-electron chi connectivity index (χ3n) is 3.74. The minimum Gasteiger partial charge on any atom is -0.486 e. The number of carbonyl (C=O) groups is 1. The van der Waals surface area contributed by atoms with Crippen LogP contribution in [0.3, 0.4) is 0 Å². The van der Waals surface area contributed by atoms with Gasteiger partial charge in [-0.05, 0) is 30.5 Å². The average molecular weight is 277 g/mol. The van der Waals surface area contributed by atoms with Crippen LogP contribution in [0.25, 0.3) is 0 Å². The maximum absolute atomic E-state index is 12.3. The molecular weight excluding hydrogens is 254 g/mol. The van der Waals surface area contributed by atoms with E-state index in [0.717, 1.165) is 29.9 Å². The van der Waals surface area contributed by atoms with E-state index in [-0.39, 0.29) is 11.8 Å². The minimum atomic E-state index is 0.122. The fourth-order valence-corrected chi connectivity index (χ4v) is 2.49. The lowest BCUT2D eigenvalue weighted by Gasteiger charge is -2.23. The number of carbonyl (C=O) groups excluding carboxylic acids is 1. The molecule has 1 aromatic carbocycles. The smallest absolute Gasteiger partial charge is 0.225 e. The molecule has 1 aliphatic heterocycles. The standard InChI is InChI=1S/C16H23NO3/c1-4-13(5-2)16(18)17(3)11-12-6-7-14-15(10-12)20-9-8-19-14/h6-7,10,13H,4-5,8-9,11H2,1-3H3. The molecule has 0 atom stereocenters. The second-order valence-electron chi connectivity index (χ2n) is 5.19. The van der Waals surface area contributed by atoms with Gasteiger partial charge in [-0.25, -0.2) is 0 Å². The maximum Gasteiger partial charge on any atom is 0.225 e. The maximum atomic E-state index is 12.3. The molecule has 4 nitrogen and oxygen atoms in total. The van der Waals surface area contributed by atoms with Crippen molar-refractivity contribution < 1.29 is 14.3 Å². The highest BCUT2D eigenvalue weighted by Crippen LogP contribution is 2.31. The van der Waals surface area contributed by atoms with E-state index in [0.29, 0.717) is 19.8 Å². The number of amides is 1. The molecule has 20 heavy (non-hydrogen) atoms. The van der Waals surface area contributed by atoms with Crippen LogP contribution < -0.4 is 9.47 Å². The van der Waals surface area contributed by atoms with Crippen LogP contribution in [0, 0.1) is 5.92 Å². The Morgan fingerprint density at radius 3 is 2.50 bits per heavy atom. The molecule has 2 rings (SSSR count). The Hall–Kier alpha value is -1.71. The Kier molecular flexibility index (Phi) is 4.88. The molecule has 1 aliphatic rings. The van der Waals surface area contributed by atoms with Crippen molar-refractivity contribution in [3.63, 3.8) is 0 Å². The van der Waals surface area contributed by atoms with E-state index >= 15 is 0 Å². The highest BCUT2D eigenvalue weighted by Gasteiger charge is 2.19. The average Bonchev–Trinajstić information content (AvgIpc) is 2.48. The van der Waals surface area contributed by atoms with Crippen LogP contribution in [0.4, 0.5) is 0 Å². The zero-order valence-corrected chi connectivity index (χ0v) is 12.5. The van der Waals surface area contributed by atoms with E-state index in [2.05, 4.69) is 13.8 Å². The fraction of sp³-hybridized carbons (Fsp3) is 0.562. The predicted molar refractivity (Wildman–Crippen MR) is 78.0 cm³/mol. The zero-order valence-electron chi connectivity index (χ0n) is 12.5. The van der Waals surface area contributed by atoms with Gasteiger partial charge >= 0.3 is 0 Å². The molecule has 0 radical (unpaired) electrons. The Labute approximate surface area is 120 Å². The van der Waals surface area contributed by atoms with Gasteiger partial charge < -0.3 is 14.4 Å². The molecule has 0 unspecified atom stereocenters. The predicted octanol–water partition coefficient (Wildman–Crippen LogP) is 2.85. The molecule has 0 saturated carbocycles. The number of benzene rings is 1. The molecule has 0 aliphatic carbocycles. The molecule has 0 spiro atoms. The largest absolute Gasteiger partial charge is 0.486 e. The van der Waals surface area contributed by atoms with Crippen molar-refractivity contribution in [2.24, 2.45) is 5.92 Å². The third kappa shape index (κ3) is 3.24. The van der Waals surface area contributed by atoms with Crippen molar-refractivity contribution in [2.75, 3.05) is 20.3 Å². The summed E-state index contributed by atoms with van der Waals surface area (Å²) in [6.07, 6.45) is 1.78. The first kappa shape index (κ1) is 14.7. The second kappa shape index (κ2) is 6.64.